The average molecular weight is 402 g/mol. The van der Waals surface area contributed by atoms with E-state index in [1.165, 1.54) is 17.6 Å². The molecular formula is C19H22N4O4S. The van der Waals surface area contributed by atoms with Crippen LogP contribution in [0.2, 0.25) is 0 Å². The van der Waals surface area contributed by atoms with Gasteiger partial charge in [-0.05, 0) is 39.2 Å². The molecule has 9 heteroatoms. The molecule has 2 N–H and O–H groups in total. The standard InChI is InChI=1S/C19H22N4O4S/c1-12-14(6-8-26-12)18(25)22-19-21-13(11-28-19)9-17(24)20-10-15(23(2)3)16-5-4-7-27-16/h4-8,11,15H,9-10H2,1-3H3,(H,20,24)(H,21,22,25). The average Bonchev–Trinajstić information content (AvgIpc) is 3.37. The highest BCUT2D eigenvalue weighted by Gasteiger charge is 2.19. The largest absolute Gasteiger partial charge is 0.469 e. The number of likely N-dealkylation sites (N-methyl/N-ethyl adjacent to an activating group) is 1. The first kappa shape index (κ1) is 19.8. The number of aryl methyl sites for hydroxylation is 1. The number of carbonyl (C=O) groups excluding carboxylic acids is 2. The molecule has 0 fully saturated rings. The van der Waals surface area contributed by atoms with Crippen LogP contribution in [0, 0.1) is 6.92 Å². The minimum atomic E-state index is -0.288. The zero-order valence-corrected chi connectivity index (χ0v) is 16.7. The van der Waals surface area contributed by atoms with Gasteiger partial charge >= 0.3 is 0 Å². The van der Waals surface area contributed by atoms with Gasteiger partial charge in [0.25, 0.3) is 5.91 Å². The smallest absolute Gasteiger partial charge is 0.260 e. The van der Waals surface area contributed by atoms with Gasteiger partial charge in [0.05, 0.1) is 36.2 Å². The number of nitrogens with zero attached hydrogens (tertiary/aromatic N) is 2. The zero-order valence-electron chi connectivity index (χ0n) is 15.9. The Morgan fingerprint density at radius 3 is 2.71 bits per heavy atom. The fraction of sp³-hybridized carbons (Fsp3) is 0.316. The van der Waals surface area contributed by atoms with E-state index in [0.29, 0.717) is 28.7 Å². The Bertz CT molecular complexity index is 930. The van der Waals surface area contributed by atoms with Crippen LogP contribution in [0.3, 0.4) is 0 Å². The number of furan rings is 2. The second kappa shape index (κ2) is 8.85. The van der Waals surface area contributed by atoms with Crippen LogP contribution in [0.25, 0.3) is 0 Å². The summed E-state index contributed by atoms with van der Waals surface area (Å²) in [4.78, 5) is 30.7. The van der Waals surface area contributed by atoms with Gasteiger partial charge in [0.15, 0.2) is 5.13 Å². The Morgan fingerprint density at radius 1 is 1.25 bits per heavy atom. The lowest BCUT2D eigenvalue weighted by molar-refractivity contribution is -0.120. The molecule has 0 spiro atoms. The van der Waals surface area contributed by atoms with Gasteiger partial charge in [-0.15, -0.1) is 11.3 Å². The number of thiazole rings is 1. The Balaban J connectivity index is 1.52. The molecule has 3 aromatic rings. The van der Waals surface area contributed by atoms with E-state index in [2.05, 4.69) is 15.6 Å². The van der Waals surface area contributed by atoms with Gasteiger partial charge in [0, 0.05) is 11.9 Å². The summed E-state index contributed by atoms with van der Waals surface area (Å²) < 4.78 is 10.6. The third kappa shape index (κ3) is 4.87. The molecule has 3 heterocycles. The van der Waals surface area contributed by atoms with Gasteiger partial charge < -0.3 is 14.2 Å². The lowest BCUT2D eigenvalue weighted by Gasteiger charge is -2.22. The van der Waals surface area contributed by atoms with Crippen LogP contribution in [-0.4, -0.2) is 42.3 Å². The first-order chi connectivity index (χ1) is 13.4. The monoisotopic (exact) mass is 402 g/mol. The molecule has 28 heavy (non-hydrogen) atoms. The molecule has 1 atom stereocenters. The minimum Gasteiger partial charge on any atom is -0.469 e. The van der Waals surface area contributed by atoms with Crippen molar-refractivity contribution >= 4 is 28.3 Å². The molecule has 2 amide bonds. The maximum absolute atomic E-state index is 12.3. The van der Waals surface area contributed by atoms with Gasteiger partial charge in [-0.2, -0.15) is 0 Å². The molecule has 0 aliphatic carbocycles. The van der Waals surface area contributed by atoms with Gasteiger partial charge in [-0.25, -0.2) is 4.98 Å². The number of nitrogens with one attached hydrogen (secondary N) is 2. The topological polar surface area (TPSA) is 101 Å². The highest BCUT2D eigenvalue weighted by molar-refractivity contribution is 7.14. The summed E-state index contributed by atoms with van der Waals surface area (Å²) in [6.45, 7) is 2.14. The van der Waals surface area contributed by atoms with E-state index >= 15 is 0 Å². The number of anilines is 1. The molecule has 148 valence electrons. The Labute approximate surface area is 166 Å². The predicted molar refractivity (Wildman–Crippen MR) is 105 cm³/mol. The fourth-order valence-electron chi connectivity index (χ4n) is 2.69. The van der Waals surface area contributed by atoms with E-state index < -0.39 is 0 Å². The fourth-order valence-corrected chi connectivity index (χ4v) is 3.39. The molecule has 0 bridgehead atoms. The van der Waals surface area contributed by atoms with Gasteiger partial charge in [0.1, 0.15) is 11.5 Å². The predicted octanol–water partition coefficient (Wildman–Crippen LogP) is 2.85. The zero-order chi connectivity index (χ0) is 20.1. The van der Waals surface area contributed by atoms with Crippen LogP contribution in [0.15, 0.2) is 44.9 Å². The van der Waals surface area contributed by atoms with E-state index in [1.807, 2.05) is 31.1 Å². The summed E-state index contributed by atoms with van der Waals surface area (Å²) in [7, 11) is 3.85. The highest BCUT2D eigenvalue weighted by atomic mass is 32.1. The van der Waals surface area contributed by atoms with Crippen molar-refractivity contribution in [2.75, 3.05) is 26.0 Å². The number of amides is 2. The summed E-state index contributed by atoms with van der Waals surface area (Å²) in [5.41, 5.74) is 1.06. The lowest BCUT2D eigenvalue weighted by Crippen LogP contribution is -2.35. The van der Waals surface area contributed by atoms with E-state index in [4.69, 9.17) is 8.83 Å². The number of aromatic nitrogens is 1. The minimum absolute atomic E-state index is 0.0533. The summed E-state index contributed by atoms with van der Waals surface area (Å²) >= 11 is 1.27. The van der Waals surface area contributed by atoms with Crippen LogP contribution >= 0.6 is 11.3 Å². The summed E-state index contributed by atoms with van der Waals surface area (Å²) in [6.07, 6.45) is 3.21. The first-order valence-electron chi connectivity index (χ1n) is 8.70. The van der Waals surface area contributed by atoms with Crippen LogP contribution in [0.4, 0.5) is 5.13 Å². The molecule has 0 saturated heterocycles. The molecule has 0 saturated carbocycles. The number of hydrogen-bond acceptors (Lipinski definition) is 7. The van der Waals surface area contributed by atoms with E-state index in [9.17, 15) is 9.59 Å². The van der Waals surface area contributed by atoms with E-state index in [0.717, 1.165) is 5.76 Å². The first-order valence-corrected chi connectivity index (χ1v) is 9.58. The quantitative estimate of drug-likeness (QED) is 0.601. The van der Waals surface area contributed by atoms with Gasteiger partial charge in [-0.1, -0.05) is 0 Å². The molecule has 0 aliphatic heterocycles. The van der Waals surface area contributed by atoms with Crippen LogP contribution in [-0.2, 0) is 11.2 Å². The van der Waals surface area contributed by atoms with Crippen LogP contribution in [0.5, 0.6) is 0 Å². The van der Waals surface area contributed by atoms with Crippen molar-refractivity contribution in [1.29, 1.82) is 0 Å². The van der Waals surface area contributed by atoms with Crippen molar-refractivity contribution in [1.82, 2.24) is 15.2 Å². The third-order valence-electron chi connectivity index (χ3n) is 4.20. The molecular weight excluding hydrogens is 380 g/mol. The van der Waals surface area contributed by atoms with Crippen LogP contribution < -0.4 is 10.6 Å². The van der Waals surface area contributed by atoms with Crippen molar-refractivity contribution in [2.45, 2.75) is 19.4 Å². The molecule has 3 rings (SSSR count). The molecule has 8 nitrogen and oxygen atoms in total. The SMILES string of the molecule is Cc1occc1C(=O)Nc1nc(CC(=O)NCC(c2ccco2)N(C)C)cs1. The van der Waals surface area contributed by atoms with Crippen molar-refractivity contribution in [3.05, 3.63) is 58.9 Å². The maximum Gasteiger partial charge on any atom is 0.260 e. The van der Waals surface area contributed by atoms with Crippen molar-refractivity contribution < 1.29 is 18.4 Å². The molecule has 0 aliphatic rings. The summed E-state index contributed by atoms with van der Waals surface area (Å²) in [6, 6.07) is 5.26. The van der Waals surface area contributed by atoms with Crippen LogP contribution in [0.1, 0.15) is 33.6 Å². The second-order valence-corrected chi connectivity index (χ2v) is 7.32. The Hall–Kier alpha value is -2.91. The van der Waals surface area contributed by atoms with Gasteiger partial charge in [0.2, 0.25) is 5.91 Å². The molecule has 3 aromatic heterocycles. The number of hydrogen-bond donors (Lipinski definition) is 2. The summed E-state index contributed by atoms with van der Waals surface area (Å²) in [5.74, 6) is 0.898. The summed E-state index contributed by atoms with van der Waals surface area (Å²) in [5, 5.41) is 7.82. The Morgan fingerprint density at radius 2 is 2.07 bits per heavy atom. The number of carbonyl (C=O) groups is 2. The van der Waals surface area contributed by atoms with Crippen molar-refractivity contribution in [3.63, 3.8) is 0 Å². The van der Waals surface area contributed by atoms with Crippen molar-refractivity contribution in [2.24, 2.45) is 0 Å². The second-order valence-electron chi connectivity index (χ2n) is 6.46. The van der Waals surface area contributed by atoms with E-state index in [1.54, 1.807) is 24.6 Å². The Kier molecular flexibility index (Phi) is 6.27. The number of rotatable bonds is 8. The van der Waals surface area contributed by atoms with Gasteiger partial charge in [-0.3, -0.25) is 19.8 Å². The van der Waals surface area contributed by atoms with E-state index in [-0.39, 0.29) is 24.3 Å². The molecule has 0 aromatic carbocycles. The van der Waals surface area contributed by atoms with Crippen molar-refractivity contribution in [3.8, 4) is 0 Å². The maximum atomic E-state index is 12.3. The molecule has 1 unspecified atom stereocenters. The normalized spacial score (nSPS) is 12.1. The molecule has 0 radical (unpaired) electrons. The lowest BCUT2D eigenvalue weighted by atomic mass is 10.2. The third-order valence-corrected chi connectivity index (χ3v) is 5.01. The highest BCUT2D eigenvalue weighted by Crippen LogP contribution is 2.19.